The normalized spacial score (nSPS) is 12.7. The van der Waals surface area contributed by atoms with E-state index in [1.807, 2.05) is 6.08 Å². The number of ether oxygens (including phenoxy) is 1. The lowest BCUT2D eigenvalue weighted by atomic mass is 10.0. The van der Waals surface area contributed by atoms with Crippen molar-refractivity contribution in [2.24, 2.45) is 0 Å². The Morgan fingerprint density at radius 2 is 1.08 bits per heavy atom. The van der Waals surface area contributed by atoms with Crippen LogP contribution in [0.2, 0.25) is 0 Å². The summed E-state index contributed by atoms with van der Waals surface area (Å²) < 4.78 is 3.97. The van der Waals surface area contributed by atoms with Gasteiger partial charge in [-0.2, -0.15) is 0 Å². The molecule has 0 aromatic carbocycles. The molecule has 0 saturated carbocycles. The van der Waals surface area contributed by atoms with Crippen LogP contribution in [0.3, 0.4) is 0 Å². The minimum atomic E-state index is -0.579. The third kappa shape index (κ3) is 18.8. The number of rotatable bonds is 15. The molecule has 0 N–H and O–H groups in total. The fourth-order valence-corrected chi connectivity index (χ4v) is 2.79. The molecule has 3 heteroatoms. The van der Waals surface area contributed by atoms with Crippen molar-refractivity contribution in [2.75, 3.05) is 0 Å². The standard InChI is InChI=1S/C18H36.C4H2O3/c1-3-5-7-9-11-13-15-17-18-16-14-12-10-8-6-4-2;5-3-1-2-4(6)7-3/h3H,1,4-18H2,2H3;1-2H. The van der Waals surface area contributed by atoms with Crippen molar-refractivity contribution in [3.63, 3.8) is 0 Å². The topological polar surface area (TPSA) is 43.4 Å². The largest absolute Gasteiger partial charge is 0.387 e. The van der Waals surface area contributed by atoms with E-state index in [9.17, 15) is 9.59 Å². The summed E-state index contributed by atoms with van der Waals surface area (Å²) >= 11 is 0. The van der Waals surface area contributed by atoms with Crippen molar-refractivity contribution in [3.8, 4) is 0 Å². The third-order valence-corrected chi connectivity index (χ3v) is 4.32. The molecule has 3 nitrogen and oxygen atoms in total. The summed E-state index contributed by atoms with van der Waals surface area (Å²) in [5, 5.41) is 0. The first-order valence-corrected chi connectivity index (χ1v) is 10.3. The first-order valence-electron chi connectivity index (χ1n) is 10.3. The van der Waals surface area contributed by atoms with E-state index in [0.717, 1.165) is 12.2 Å². The van der Waals surface area contributed by atoms with Crippen molar-refractivity contribution in [1.29, 1.82) is 0 Å². The molecular weight excluding hydrogens is 312 g/mol. The van der Waals surface area contributed by atoms with Crippen LogP contribution >= 0.6 is 0 Å². The lowest BCUT2D eigenvalue weighted by Gasteiger charge is -2.02. The van der Waals surface area contributed by atoms with Crippen LogP contribution in [-0.4, -0.2) is 11.9 Å². The number of hydrogen-bond acceptors (Lipinski definition) is 3. The van der Waals surface area contributed by atoms with Gasteiger partial charge in [-0.05, 0) is 12.8 Å². The molecule has 0 amide bonds. The maximum Gasteiger partial charge on any atom is 0.338 e. The summed E-state index contributed by atoms with van der Waals surface area (Å²) in [6.45, 7) is 6.05. The second-order valence-corrected chi connectivity index (χ2v) is 6.75. The predicted molar refractivity (Wildman–Crippen MR) is 105 cm³/mol. The molecule has 1 heterocycles. The van der Waals surface area contributed by atoms with E-state index in [-0.39, 0.29) is 0 Å². The van der Waals surface area contributed by atoms with E-state index in [1.165, 1.54) is 96.3 Å². The lowest BCUT2D eigenvalue weighted by molar-refractivity contribution is -0.150. The highest BCUT2D eigenvalue weighted by molar-refractivity contribution is 6.04. The molecule has 0 unspecified atom stereocenters. The molecule has 1 aliphatic heterocycles. The Kier molecular flexibility index (Phi) is 17.9. The van der Waals surface area contributed by atoms with Crippen LogP contribution < -0.4 is 0 Å². The SMILES string of the molecule is C=CCCCCCCCCCCCCCCCC.O=C1C=CC(=O)O1. The predicted octanol–water partition coefficient (Wildman–Crippen LogP) is 6.67. The summed E-state index contributed by atoms with van der Waals surface area (Å²) in [4.78, 5) is 19.8. The molecule has 0 bridgehead atoms. The van der Waals surface area contributed by atoms with Crippen molar-refractivity contribution in [1.82, 2.24) is 0 Å². The summed E-state index contributed by atoms with van der Waals surface area (Å²) in [7, 11) is 0. The van der Waals surface area contributed by atoms with Crippen molar-refractivity contribution < 1.29 is 14.3 Å². The molecular formula is C22H38O3. The highest BCUT2D eigenvalue weighted by Gasteiger charge is 2.10. The Morgan fingerprint density at radius 3 is 1.36 bits per heavy atom. The molecule has 25 heavy (non-hydrogen) atoms. The van der Waals surface area contributed by atoms with Gasteiger partial charge in [-0.15, -0.1) is 6.58 Å². The van der Waals surface area contributed by atoms with E-state index in [2.05, 4.69) is 18.2 Å². The smallest absolute Gasteiger partial charge is 0.338 e. The average Bonchev–Trinajstić information content (AvgIpc) is 2.99. The molecule has 0 spiro atoms. The Hall–Kier alpha value is -1.38. The minimum Gasteiger partial charge on any atom is -0.387 e. The van der Waals surface area contributed by atoms with Gasteiger partial charge in [-0.3, -0.25) is 0 Å². The van der Waals surface area contributed by atoms with E-state index in [4.69, 9.17) is 0 Å². The fourth-order valence-electron chi connectivity index (χ4n) is 2.79. The number of carbonyl (C=O) groups excluding carboxylic acids is 2. The van der Waals surface area contributed by atoms with E-state index in [1.54, 1.807) is 0 Å². The first-order chi connectivity index (χ1) is 12.2. The molecule has 0 aromatic rings. The van der Waals surface area contributed by atoms with Gasteiger partial charge in [0.2, 0.25) is 0 Å². The van der Waals surface area contributed by atoms with Gasteiger partial charge in [0.05, 0.1) is 0 Å². The second kappa shape index (κ2) is 19.0. The number of carbonyl (C=O) groups is 2. The summed E-state index contributed by atoms with van der Waals surface area (Å²) in [5.74, 6) is -1.16. The zero-order valence-corrected chi connectivity index (χ0v) is 16.3. The van der Waals surface area contributed by atoms with Gasteiger partial charge >= 0.3 is 11.9 Å². The van der Waals surface area contributed by atoms with E-state index in [0.29, 0.717) is 0 Å². The van der Waals surface area contributed by atoms with Gasteiger partial charge < -0.3 is 4.74 Å². The fraction of sp³-hybridized carbons (Fsp3) is 0.727. The summed E-state index contributed by atoms with van der Waals surface area (Å²) in [5.41, 5.74) is 0. The number of hydrogen-bond donors (Lipinski definition) is 0. The molecule has 0 aromatic heterocycles. The van der Waals surface area contributed by atoms with Crippen LogP contribution in [0.5, 0.6) is 0 Å². The highest BCUT2D eigenvalue weighted by Crippen LogP contribution is 2.13. The van der Waals surface area contributed by atoms with Gasteiger partial charge in [-0.25, -0.2) is 9.59 Å². The molecule has 1 aliphatic rings. The van der Waals surface area contributed by atoms with Gasteiger partial charge in [0.25, 0.3) is 0 Å². The van der Waals surface area contributed by atoms with Crippen LogP contribution in [0.25, 0.3) is 0 Å². The number of esters is 2. The lowest BCUT2D eigenvalue weighted by Crippen LogP contribution is -1.96. The zero-order chi connectivity index (χ0) is 18.6. The van der Waals surface area contributed by atoms with Gasteiger partial charge in [0.1, 0.15) is 0 Å². The van der Waals surface area contributed by atoms with Gasteiger partial charge in [0.15, 0.2) is 0 Å². The average molecular weight is 351 g/mol. The van der Waals surface area contributed by atoms with Crippen molar-refractivity contribution in [3.05, 3.63) is 24.8 Å². The molecule has 0 fully saturated rings. The Morgan fingerprint density at radius 1 is 0.720 bits per heavy atom. The highest BCUT2D eigenvalue weighted by atomic mass is 16.6. The van der Waals surface area contributed by atoms with Crippen LogP contribution in [0, 0.1) is 0 Å². The molecule has 144 valence electrons. The zero-order valence-electron chi connectivity index (χ0n) is 16.3. The third-order valence-electron chi connectivity index (χ3n) is 4.32. The van der Waals surface area contributed by atoms with E-state index >= 15 is 0 Å². The maximum atomic E-state index is 9.92. The summed E-state index contributed by atoms with van der Waals surface area (Å²) in [6, 6.07) is 0. The number of cyclic esters (lactones) is 2. The molecule has 0 radical (unpaired) electrons. The van der Waals surface area contributed by atoms with Crippen LogP contribution in [0.15, 0.2) is 24.8 Å². The van der Waals surface area contributed by atoms with Crippen molar-refractivity contribution in [2.45, 2.75) is 103 Å². The molecule has 0 aliphatic carbocycles. The Bertz CT molecular complexity index is 355. The van der Waals surface area contributed by atoms with Gasteiger partial charge in [-0.1, -0.05) is 96.5 Å². The number of unbranched alkanes of at least 4 members (excludes halogenated alkanes) is 14. The Labute approximate surface area is 154 Å². The quantitative estimate of drug-likeness (QED) is 0.143. The molecule has 0 atom stereocenters. The van der Waals surface area contributed by atoms with E-state index < -0.39 is 11.9 Å². The second-order valence-electron chi connectivity index (χ2n) is 6.75. The minimum absolute atomic E-state index is 0.579. The Balaban J connectivity index is 0.000000676. The molecule has 0 saturated heterocycles. The number of allylic oxidation sites excluding steroid dienone is 1. The summed E-state index contributed by atoms with van der Waals surface area (Å²) in [6.07, 6.45) is 25.6. The van der Waals surface area contributed by atoms with Crippen molar-refractivity contribution >= 4 is 11.9 Å². The van der Waals surface area contributed by atoms with Crippen LogP contribution in [0.1, 0.15) is 103 Å². The molecule has 1 rings (SSSR count). The van der Waals surface area contributed by atoms with Gasteiger partial charge in [0, 0.05) is 12.2 Å². The van der Waals surface area contributed by atoms with Crippen LogP contribution in [0.4, 0.5) is 0 Å². The van der Waals surface area contributed by atoms with Crippen LogP contribution in [-0.2, 0) is 14.3 Å². The monoisotopic (exact) mass is 350 g/mol. The maximum absolute atomic E-state index is 9.92. The first kappa shape index (κ1) is 23.6.